The molecule has 1 aliphatic heterocycles. The van der Waals surface area contributed by atoms with Crippen molar-refractivity contribution in [1.82, 2.24) is 0 Å². The van der Waals surface area contributed by atoms with Crippen molar-refractivity contribution in [1.29, 1.82) is 0 Å². The smallest absolute Gasteiger partial charge is 0.321 e. The minimum Gasteiger partial charge on any atom is -0.321 e. The molecule has 1 N–H and O–H groups in total. The first-order chi connectivity index (χ1) is 14.7. The molecule has 0 unspecified atom stereocenters. The van der Waals surface area contributed by atoms with Gasteiger partial charge in [-0.3, -0.25) is 19.3 Å². The zero-order valence-electron chi connectivity index (χ0n) is 16.5. The first-order valence-electron chi connectivity index (χ1n) is 9.80. The maximum atomic E-state index is 13.1. The summed E-state index contributed by atoms with van der Waals surface area (Å²) in [5.41, 5.74) is -0.853. The Balaban J connectivity index is 1.54. The Labute approximate surface area is 176 Å². The summed E-state index contributed by atoms with van der Waals surface area (Å²) in [4.78, 5) is 39.2. The van der Waals surface area contributed by atoms with Crippen LogP contribution in [0.5, 0.6) is 0 Å². The topological polar surface area (TPSA) is 66.5 Å². The van der Waals surface area contributed by atoms with Gasteiger partial charge in [0.15, 0.2) is 0 Å². The fourth-order valence-corrected chi connectivity index (χ4v) is 4.20. The number of fused-ring (bicyclic) bond motifs is 1. The first kappa shape index (κ1) is 20.8. The molecule has 2 aliphatic rings. The first-order valence-corrected chi connectivity index (χ1v) is 9.80. The van der Waals surface area contributed by atoms with Crippen LogP contribution < -0.4 is 10.2 Å². The molecular weight excluding hydrogens is 409 g/mol. The van der Waals surface area contributed by atoms with Gasteiger partial charge in [0.05, 0.1) is 28.8 Å². The maximum Gasteiger partial charge on any atom is 0.418 e. The fraction of sp³-hybridized carbons (Fsp3) is 0.261. The monoisotopic (exact) mass is 428 g/mol. The maximum absolute atomic E-state index is 13.1. The number of amides is 3. The molecule has 0 bridgehead atoms. The van der Waals surface area contributed by atoms with Gasteiger partial charge < -0.3 is 5.32 Å². The summed E-state index contributed by atoms with van der Waals surface area (Å²) in [5, 5.41) is 2.27. The van der Waals surface area contributed by atoms with E-state index in [9.17, 15) is 27.6 Å². The van der Waals surface area contributed by atoms with E-state index in [2.05, 4.69) is 5.32 Å². The van der Waals surface area contributed by atoms with Gasteiger partial charge in [-0.1, -0.05) is 31.2 Å². The van der Waals surface area contributed by atoms with Crippen LogP contribution in [0.2, 0.25) is 0 Å². The van der Waals surface area contributed by atoms with Crippen molar-refractivity contribution in [3.63, 3.8) is 0 Å². The van der Waals surface area contributed by atoms with Crippen LogP contribution in [0.15, 0.2) is 60.7 Å². The van der Waals surface area contributed by atoms with Gasteiger partial charge in [-0.15, -0.1) is 0 Å². The van der Waals surface area contributed by atoms with E-state index in [4.69, 9.17) is 0 Å². The minimum atomic E-state index is -4.60. The number of nitrogens with zero attached hydrogens (tertiary/aromatic N) is 1. The molecule has 3 amide bonds. The van der Waals surface area contributed by atoms with Crippen LogP contribution in [0.4, 0.5) is 24.5 Å². The fourth-order valence-electron chi connectivity index (χ4n) is 4.20. The molecule has 0 saturated carbocycles. The predicted molar refractivity (Wildman–Crippen MR) is 108 cm³/mol. The summed E-state index contributed by atoms with van der Waals surface area (Å²) < 4.78 is 39.4. The molecule has 160 valence electrons. The molecule has 1 aliphatic carbocycles. The average molecular weight is 428 g/mol. The van der Waals surface area contributed by atoms with E-state index in [1.807, 2.05) is 19.1 Å². The molecule has 1 fully saturated rings. The van der Waals surface area contributed by atoms with Crippen LogP contribution in [0.1, 0.15) is 29.3 Å². The quantitative estimate of drug-likeness (QED) is 0.571. The van der Waals surface area contributed by atoms with Crippen molar-refractivity contribution >= 4 is 29.1 Å². The minimum absolute atomic E-state index is 0.0426. The highest BCUT2D eigenvalue weighted by Gasteiger charge is 2.50. The van der Waals surface area contributed by atoms with Crippen molar-refractivity contribution in [2.75, 3.05) is 10.2 Å². The number of benzene rings is 2. The van der Waals surface area contributed by atoms with Crippen LogP contribution >= 0.6 is 0 Å². The van der Waals surface area contributed by atoms with Crippen molar-refractivity contribution in [3.8, 4) is 0 Å². The van der Waals surface area contributed by atoms with Crippen LogP contribution in [0, 0.1) is 17.8 Å². The van der Waals surface area contributed by atoms with E-state index >= 15 is 0 Å². The highest BCUT2D eigenvalue weighted by atomic mass is 19.4. The molecule has 5 nitrogen and oxygen atoms in total. The number of anilines is 2. The lowest BCUT2D eigenvalue weighted by Gasteiger charge is -2.22. The molecular formula is C23H19F3N2O3. The van der Waals surface area contributed by atoms with Gasteiger partial charge in [-0.2, -0.15) is 13.2 Å². The number of allylic oxidation sites excluding steroid dienone is 2. The van der Waals surface area contributed by atoms with Crippen LogP contribution in [0.25, 0.3) is 0 Å². The third-order valence-electron chi connectivity index (χ3n) is 5.74. The van der Waals surface area contributed by atoms with Crippen molar-refractivity contribution in [3.05, 3.63) is 71.8 Å². The molecule has 0 aromatic heterocycles. The lowest BCUT2D eigenvalue weighted by Crippen LogP contribution is -2.31. The highest BCUT2D eigenvalue weighted by molar-refractivity contribution is 6.22. The molecule has 0 radical (unpaired) electrons. The number of halogens is 3. The van der Waals surface area contributed by atoms with Gasteiger partial charge in [-0.25, -0.2) is 0 Å². The Bertz CT molecular complexity index is 1080. The predicted octanol–water partition coefficient (Wildman–Crippen LogP) is 4.66. The van der Waals surface area contributed by atoms with E-state index < -0.39 is 29.5 Å². The van der Waals surface area contributed by atoms with Crippen LogP contribution in [-0.2, 0) is 15.8 Å². The number of rotatable bonds is 3. The third-order valence-corrected chi connectivity index (χ3v) is 5.74. The Morgan fingerprint density at radius 1 is 1.03 bits per heavy atom. The summed E-state index contributed by atoms with van der Waals surface area (Å²) in [7, 11) is 0. The van der Waals surface area contributed by atoms with Crippen molar-refractivity contribution in [2.24, 2.45) is 17.8 Å². The SMILES string of the molecule is C[C@@H]1C=CC[C@@H]2C(=O)N(c3ccc(C(=O)Nc4ccccc4C(F)(F)F)cc3)C(=O)[C@H]12. The van der Waals surface area contributed by atoms with Gasteiger partial charge in [0.1, 0.15) is 0 Å². The van der Waals surface area contributed by atoms with Gasteiger partial charge in [0.25, 0.3) is 5.91 Å². The second kappa shape index (κ2) is 7.68. The lowest BCUT2D eigenvalue weighted by molar-refractivity contribution is -0.137. The number of carbonyl (C=O) groups excluding carboxylic acids is 3. The molecule has 1 saturated heterocycles. The van der Waals surface area contributed by atoms with E-state index in [0.29, 0.717) is 12.1 Å². The van der Waals surface area contributed by atoms with E-state index in [1.54, 1.807) is 0 Å². The Kier molecular flexibility index (Phi) is 5.16. The zero-order chi connectivity index (χ0) is 22.3. The lowest BCUT2D eigenvalue weighted by atomic mass is 9.78. The number of hydrogen-bond acceptors (Lipinski definition) is 3. The van der Waals surface area contributed by atoms with Crippen molar-refractivity contribution in [2.45, 2.75) is 19.5 Å². The second-order valence-corrected chi connectivity index (χ2v) is 7.71. The van der Waals surface area contributed by atoms with E-state index in [-0.39, 0.29) is 29.0 Å². The molecule has 4 rings (SSSR count). The summed E-state index contributed by atoms with van der Waals surface area (Å²) in [6.45, 7) is 1.90. The average Bonchev–Trinajstić information content (AvgIpc) is 2.99. The van der Waals surface area contributed by atoms with E-state index in [0.717, 1.165) is 11.0 Å². The summed E-state index contributed by atoms with van der Waals surface area (Å²) in [5.74, 6) is -2.12. The van der Waals surface area contributed by atoms with Gasteiger partial charge >= 0.3 is 6.18 Å². The molecule has 0 spiro atoms. The van der Waals surface area contributed by atoms with Crippen LogP contribution in [-0.4, -0.2) is 17.7 Å². The van der Waals surface area contributed by atoms with Crippen LogP contribution in [0.3, 0.4) is 0 Å². The summed E-state index contributed by atoms with van der Waals surface area (Å²) in [6.07, 6.45) is -0.253. The standard InChI is InChI=1S/C23H19F3N2O3/c1-13-5-4-6-16-19(13)22(31)28(21(16)30)15-11-9-14(10-12-15)20(29)27-18-8-3-2-7-17(18)23(24,25)26/h2-5,7-13,16,19H,6H2,1H3,(H,27,29)/t13-,16+,19-/m1/s1. The number of para-hydroxylation sites is 1. The number of hydrogen-bond donors (Lipinski definition) is 1. The normalized spacial score (nSPS) is 23.1. The summed E-state index contributed by atoms with van der Waals surface area (Å²) >= 11 is 0. The van der Waals surface area contributed by atoms with Gasteiger partial charge in [-0.05, 0) is 48.7 Å². The molecule has 2 aromatic carbocycles. The Morgan fingerprint density at radius 3 is 2.35 bits per heavy atom. The van der Waals surface area contributed by atoms with E-state index in [1.165, 1.54) is 42.5 Å². The van der Waals surface area contributed by atoms with Gasteiger partial charge in [0.2, 0.25) is 11.8 Å². The molecule has 3 atom stereocenters. The number of alkyl halides is 3. The molecule has 8 heteroatoms. The number of nitrogens with one attached hydrogen (secondary N) is 1. The third kappa shape index (κ3) is 3.73. The summed E-state index contributed by atoms with van der Waals surface area (Å²) in [6, 6.07) is 10.4. The number of carbonyl (C=O) groups is 3. The van der Waals surface area contributed by atoms with Gasteiger partial charge in [0, 0.05) is 5.56 Å². The molecule has 31 heavy (non-hydrogen) atoms. The second-order valence-electron chi connectivity index (χ2n) is 7.71. The number of imide groups is 1. The molecule has 1 heterocycles. The Hall–Kier alpha value is -3.42. The van der Waals surface area contributed by atoms with Crippen molar-refractivity contribution < 1.29 is 27.6 Å². The Morgan fingerprint density at radius 2 is 1.71 bits per heavy atom. The molecule has 2 aromatic rings. The zero-order valence-corrected chi connectivity index (χ0v) is 16.5. The largest absolute Gasteiger partial charge is 0.418 e. The highest BCUT2D eigenvalue weighted by Crippen LogP contribution is 2.40.